The maximum Gasteiger partial charge on any atom is 0.137 e. The Bertz CT molecular complexity index is 686. The highest BCUT2D eigenvalue weighted by Crippen LogP contribution is 2.70. The molecule has 0 N–H and O–H groups in total. The van der Waals surface area contributed by atoms with Gasteiger partial charge in [-0.15, -0.1) is 0 Å². The second kappa shape index (κ2) is 3.16. The van der Waals surface area contributed by atoms with Crippen LogP contribution < -0.4 is 4.74 Å². The molecule has 4 aliphatic heterocycles. The van der Waals surface area contributed by atoms with E-state index in [1.165, 1.54) is 42.7 Å². The van der Waals surface area contributed by atoms with E-state index in [-0.39, 0.29) is 17.1 Å². The summed E-state index contributed by atoms with van der Waals surface area (Å²) >= 11 is 0. The molecule has 0 aromatic heterocycles. The van der Waals surface area contributed by atoms with Crippen LogP contribution in [0.4, 0.5) is 0 Å². The van der Waals surface area contributed by atoms with Crippen molar-refractivity contribution in [1.29, 1.82) is 0 Å². The molecule has 2 unspecified atom stereocenters. The zero-order valence-electron chi connectivity index (χ0n) is 12.7. The number of nitrogens with zero attached hydrogens (tertiary/aromatic N) is 1. The average molecular weight is 283 g/mol. The van der Waals surface area contributed by atoms with E-state index in [9.17, 15) is 0 Å². The third-order valence-electron chi connectivity index (χ3n) is 7.21. The first-order valence-electron chi connectivity index (χ1n) is 8.35. The van der Waals surface area contributed by atoms with Crippen LogP contribution in [0, 0.1) is 6.92 Å². The van der Waals surface area contributed by atoms with Gasteiger partial charge < -0.3 is 14.4 Å². The maximum absolute atomic E-state index is 6.68. The molecule has 1 aromatic rings. The molecule has 0 amide bonds. The minimum atomic E-state index is 0.0291. The van der Waals surface area contributed by atoms with Crippen molar-refractivity contribution < 1.29 is 9.47 Å². The first-order chi connectivity index (χ1) is 10.2. The van der Waals surface area contributed by atoms with Gasteiger partial charge in [0.1, 0.15) is 11.9 Å². The monoisotopic (exact) mass is 283 g/mol. The molecule has 3 saturated heterocycles. The zero-order chi connectivity index (χ0) is 14.0. The Hall–Kier alpha value is -1.06. The highest BCUT2D eigenvalue weighted by atomic mass is 16.6. The predicted molar refractivity (Wildman–Crippen MR) is 78.9 cm³/mol. The maximum atomic E-state index is 6.68. The van der Waals surface area contributed by atoms with Crippen molar-refractivity contribution in [3.8, 4) is 5.75 Å². The number of aryl methyl sites for hydroxylation is 1. The number of rotatable bonds is 0. The molecule has 3 heteroatoms. The molecule has 1 aliphatic carbocycles. The topological polar surface area (TPSA) is 21.7 Å². The molecule has 110 valence electrons. The second-order valence-electron chi connectivity index (χ2n) is 7.79. The van der Waals surface area contributed by atoms with Gasteiger partial charge in [0.25, 0.3) is 0 Å². The van der Waals surface area contributed by atoms with Crippen LogP contribution >= 0.6 is 0 Å². The lowest BCUT2D eigenvalue weighted by atomic mass is 9.51. The van der Waals surface area contributed by atoms with Crippen molar-refractivity contribution in [3.05, 3.63) is 28.8 Å². The molecule has 5 aliphatic rings. The van der Waals surface area contributed by atoms with Gasteiger partial charge in [-0.25, -0.2) is 0 Å². The third-order valence-corrected chi connectivity index (χ3v) is 7.21. The number of likely N-dealkylation sites (tertiary alicyclic amines) is 1. The molecule has 2 spiro atoms. The number of hydrogen-bond acceptors (Lipinski definition) is 3. The molecular weight excluding hydrogens is 262 g/mol. The van der Waals surface area contributed by atoms with E-state index in [1.807, 2.05) is 0 Å². The van der Waals surface area contributed by atoms with E-state index in [1.54, 1.807) is 5.56 Å². The van der Waals surface area contributed by atoms with Crippen LogP contribution in [0.1, 0.15) is 36.0 Å². The fraction of sp³-hybridized carbons (Fsp3) is 0.667. The van der Waals surface area contributed by atoms with Crippen LogP contribution in [0.15, 0.2) is 12.1 Å². The summed E-state index contributed by atoms with van der Waals surface area (Å²) in [5.74, 6) is 1.21. The van der Waals surface area contributed by atoms with Crippen LogP contribution in [-0.2, 0) is 16.6 Å². The molecular formula is C18H21NO2. The van der Waals surface area contributed by atoms with Gasteiger partial charge in [-0.3, -0.25) is 0 Å². The van der Waals surface area contributed by atoms with Gasteiger partial charge in [-0.1, -0.05) is 12.1 Å². The normalized spacial score (nSPS) is 48.4. The number of benzene rings is 1. The first kappa shape index (κ1) is 11.5. The van der Waals surface area contributed by atoms with E-state index in [2.05, 4.69) is 31.0 Å². The lowest BCUT2D eigenvalue weighted by molar-refractivity contribution is -0.115. The Kier molecular flexibility index (Phi) is 1.73. The van der Waals surface area contributed by atoms with Gasteiger partial charge >= 0.3 is 0 Å². The molecule has 3 nitrogen and oxygen atoms in total. The molecule has 21 heavy (non-hydrogen) atoms. The zero-order valence-corrected chi connectivity index (χ0v) is 12.7. The van der Waals surface area contributed by atoms with Crippen molar-refractivity contribution in [1.82, 2.24) is 4.90 Å². The third kappa shape index (κ3) is 0.942. The van der Waals surface area contributed by atoms with E-state index in [4.69, 9.17) is 9.47 Å². The average Bonchev–Trinajstić information content (AvgIpc) is 3.11. The number of fused-ring (bicyclic) bond motifs is 2. The smallest absolute Gasteiger partial charge is 0.137 e. The van der Waals surface area contributed by atoms with Crippen LogP contribution in [0.3, 0.4) is 0 Å². The number of piperidine rings is 1. The fourth-order valence-electron chi connectivity index (χ4n) is 6.46. The minimum Gasteiger partial charge on any atom is -0.486 e. The van der Waals surface area contributed by atoms with Crippen LogP contribution in [0.25, 0.3) is 0 Å². The molecule has 5 atom stereocenters. The Morgan fingerprint density at radius 2 is 2.19 bits per heavy atom. The molecule has 4 heterocycles. The van der Waals surface area contributed by atoms with E-state index < -0.39 is 0 Å². The van der Waals surface area contributed by atoms with E-state index in [0.717, 1.165) is 6.42 Å². The highest BCUT2D eigenvalue weighted by Gasteiger charge is 2.78. The Morgan fingerprint density at radius 3 is 3.10 bits per heavy atom. The van der Waals surface area contributed by atoms with Gasteiger partial charge in [0, 0.05) is 11.6 Å². The summed E-state index contributed by atoms with van der Waals surface area (Å²) in [5.41, 5.74) is 4.56. The van der Waals surface area contributed by atoms with Gasteiger partial charge in [0.2, 0.25) is 0 Å². The van der Waals surface area contributed by atoms with Crippen molar-refractivity contribution >= 4 is 0 Å². The van der Waals surface area contributed by atoms with Crippen molar-refractivity contribution in [2.24, 2.45) is 0 Å². The van der Waals surface area contributed by atoms with Crippen molar-refractivity contribution in [2.45, 2.75) is 61.9 Å². The molecule has 0 saturated carbocycles. The van der Waals surface area contributed by atoms with E-state index in [0.29, 0.717) is 12.1 Å². The Labute approximate surface area is 125 Å². The SMILES string of the molecule is Cc1ccc2c3c1OC1[C@@H]4CCC5(O4)[C@H](C2)N(C)CC[C@@]315. The van der Waals surface area contributed by atoms with Gasteiger partial charge in [0.05, 0.1) is 17.1 Å². The quantitative estimate of drug-likeness (QED) is 0.728. The van der Waals surface area contributed by atoms with Gasteiger partial charge in [0.15, 0.2) is 0 Å². The van der Waals surface area contributed by atoms with Gasteiger partial charge in [-0.2, -0.15) is 0 Å². The standard InChI is InChI=1S/C18H21NO2/c1-10-3-4-11-9-13-18-6-5-12(21-18)16-17(18,7-8-19(13)2)14(11)15(10)20-16/h3-4,12-13,16H,5-9H2,1-2H3/t12-,13-,16?,17+,18?/m0/s1. The highest BCUT2D eigenvalue weighted by molar-refractivity contribution is 5.61. The summed E-state index contributed by atoms with van der Waals surface area (Å²) < 4.78 is 13.2. The lowest BCUT2D eigenvalue weighted by Crippen LogP contribution is -2.70. The summed E-state index contributed by atoms with van der Waals surface area (Å²) in [7, 11) is 2.28. The number of ether oxygens (including phenoxy) is 2. The van der Waals surface area contributed by atoms with Crippen LogP contribution in [0.5, 0.6) is 5.75 Å². The summed E-state index contributed by atoms with van der Waals surface area (Å²) in [6.07, 6.45) is 5.32. The molecule has 6 rings (SSSR count). The van der Waals surface area contributed by atoms with E-state index >= 15 is 0 Å². The van der Waals surface area contributed by atoms with Crippen molar-refractivity contribution in [3.63, 3.8) is 0 Å². The fourth-order valence-corrected chi connectivity index (χ4v) is 6.46. The number of likely N-dealkylation sites (N-methyl/N-ethyl adjacent to an activating group) is 1. The van der Waals surface area contributed by atoms with Crippen molar-refractivity contribution in [2.75, 3.05) is 13.6 Å². The molecule has 0 radical (unpaired) electrons. The largest absolute Gasteiger partial charge is 0.486 e. The Morgan fingerprint density at radius 1 is 1.29 bits per heavy atom. The summed E-state index contributed by atoms with van der Waals surface area (Å²) in [5, 5.41) is 0. The summed E-state index contributed by atoms with van der Waals surface area (Å²) in [6, 6.07) is 5.14. The van der Waals surface area contributed by atoms with Crippen LogP contribution in [0.2, 0.25) is 0 Å². The molecule has 4 bridgehead atoms. The predicted octanol–water partition coefficient (Wildman–Crippen LogP) is 2.19. The summed E-state index contributed by atoms with van der Waals surface area (Å²) in [4.78, 5) is 2.55. The lowest BCUT2D eigenvalue weighted by Gasteiger charge is -2.58. The summed E-state index contributed by atoms with van der Waals surface area (Å²) in [6.45, 7) is 3.37. The second-order valence-corrected chi connectivity index (χ2v) is 7.79. The first-order valence-corrected chi connectivity index (χ1v) is 8.35. The molecule has 1 aromatic carbocycles. The van der Waals surface area contributed by atoms with Crippen LogP contribution in [-0.4, -0.2) is 42.3 Å². The number of hydrogen-bond donors (Lipinski definition) is 0. The minimum absolute atomic E-state index is 0.0291. The van der Waals surface area contributed by atoms with Gasteiger partial charge in [-0.05, 0) is 57.3 Å². The Balaban J connectivity index is 1.74. The molecule has 3 fully saturated rings.